The van der Waals surface area contributed by atoms with E-state index in [9.17, 15) is 14.7 Å². The van der Waals surface area contributed by atoms with Gasteiger partial charge in [0, 0.05) is 17.7 Å². The van der Waals surface area contributed by atoms with E-state index in [2.05, 4.69) is 4.98 Å². The topological polar surface area (TPSA) is 100.0 Å². The number of ether oxygens (including phenoxy) is 1. The molecule has 0 spiro atoms. The molecule has 0 saturated carbocycles. The first-order valence-electron chi connectivity index (χ1n) is 7.85. The average molecular weight is 386 g/mol. The highest BCUT2D eigenvalue weighted by molar-refractivity contribution is 8.01. The Kier molecular flexibility index (Phi) is 6.47. The van der Waals surface area contributed by atoms with Crippen molar-refractivity contribution >= 4 is 35.2 Å². The molecular weight excluding hydrogens is 364 g/mol. The zero-order valence-corrected chi connectivity index (χ0v) is 16.0. The Hall–Kier alpha value is -1.58. The minimum Gasteiger partial charge on any atom is -0.476 e. The Morgan fingerprint density at radius 1 is 1.56 bits per heavy atom. The second kappa shape index (κ2) is 8.20. The lowest BCUT2D eigenvalue weighted by Gasteiger charge is -2.21. The van der Waals surface area contributed by atoms with E-state index in [1.165, 1.54) is 28.5 Å². The average Bonchev–Trinajstić information content (AvgIpc) is 3.05. The Balaban J connectivity index is 1.91. The highest BCUT2D eigenvalue weighted by atomic mass is 32.2. The van der Waals surface area contributed by atoms with Gasteiger partial charge in [0.05, 0.1) is 11.6 Å². The van der Waals surface area contributed by atoms with E-state index < -0.39 is 11.6 Å². The molecule has 0 aromatic carbocycles. The number of cyclic esters (lactones) is 1. The van der Waals surface area contributed by atoms with Crippen molar-refractivity contribution in [3.8, 4) is 0 Å². The molecule has 1 aromatic heterocycles. The molecule has 2 rings (SSSR count). The maximum atomic E-state index is 12.0. The van der Waals surface area contributed by atoms with Gasteiger partial charge in [-0.15, -0.1) is 11.3 Å². The number of carbonyl (C=O) groups excluding carboxylic acids is 1. The number of rotatable bonds is 8. The molecule has 2 heterocycles. The standard InChI is InChI=1S/C16H22N2O5S2/c1-10-12(5-4-6-16(2,3)22)18(15(21)23-10)7-8-24-14-17-11(9-25-14)13(19)20/h4-5,9-10,12,22H,6-8H2,1-3H3,(H,19,20)/b5-4+. The fourth-order valence-electron chi connectivity index (χ4n) is 2.32. The van der Waals surface area contributed by atoms with Crippen molar-refractivity contribution in [1.82, 2.24) is 9.88 Å². The number of aromatic carboxylic acids is 1. The van der Waals surface area contributed by atoms with Crippen LogP contribution in [0.15, 0.2) is 21.9 Å². The van der Waals surface area contributed by atoms with Crippen molar-refractivity contribution in [1.29, 1.82) is 0 Å². The van der Waals surface area contributed by atoms with E-state index in [4.69, 9.17) is 9.84 Å². The number of amides is 1. The Morgan fingerprint density at radius 2 is 2.28 bits per heavy atom. The maximum Gasteiger partial charge on any atom is 0.410 e. The molecule has 9 heteroatoms. The molecule has 0 radical (unpaired) electrons. The van der Waals surface area contributed by atoms with Crippen LogP contribution in [0.3, 0.4) is 0 Å². The first kappa shape index (κ1) is 19.7. The molecule has 1 amide bonds. The lowest BCUT2D eigenvalue weighted by atomic mass is 10.0. The van der Waals surface area contributed by atoms with Gasteiger partial charge in [0.25, 0.3) is 0 Å². The van der Waals surface area contributed by atoms with E-state index in [0.29, 0.717) is 23.1 Å². The van der Waals surface area contributed by atoms with Crippen LogP contribution in [0, 0.1) is 0 Å². The molecule has 2 unspecified atom stereocenters. The Morgan fingerprint density at radius 3 is 2.88 bits per heavy atom. The van der Waals surface area contributed by atoms with Gasteiger partial charge in [-0.25, -0.2) is 14.6 Å². The van der Waals surface area contributed by atoms with E-state index >= 15 is 0 Å². The molecule has 138 valence electrons. The molecule has 1 aliphatic heterocycles. The zero-order valence-electron chi connectivity index (χ0n) is 14.3. The van der Waals surface area contributed by atoms with Gasteiger partial charge >= 0.3 is 12.1 Å². The van der Waals surface area contributed by atoms with Crippen LogP contribution >= 0.6 is 23.1 Å². The van der Waals surface area contributed by atoms with Crippen molar-refractivity contribution < 1.29 is 24.5 Å². The lowest BCUT2D eigenvalue weighted by Crippen LogP contribution is -2.36. The number of carboxylic acid groups (broad SMARTS) is 1. The van der Waals surface area contributed by atoms with Crippen LogP contribution in [0.5, 0.6) is 0 Å². The molecule has 7 nitrogen and oxygen atoms in total. The van der Waals surface area contributed by atoms with Gasteiger partial charge in [-0.3, -0.25) is 4.90 Å². The first-order chi connectivity index (χ1) is 11.7. The molecule has 2 atom stereocenters. The smallest absolute Gasteiger partial charge is 0.410 e. The van der Waals surface area contributed by atoms with Crippen LogP contribution in [-0.2, 0) is 4.74 Å². The van der Waals surface area contributed by atoms with Gasteiger partial charge in [-0.05, 0) is 27.2 Å². The van der Waals surface area contributed by atoms with Gasteiger partial charge in [0.1, 0.15) is 6.10 Å². The van der Waals surface area contributed by atoms with Gasteiger partial charge in [-0.2, -0.15) is 0 Å². The number of aliphatic hydroxyl groups is 1. The minimum absolute atomic E-state index is 0.0362. The molecule has 0 aliphatic carbocycles. The summed E-state index contributed by atoms with van der Waals surface area (Å²) >= 11 is 2.68. The molecule has 2 N–H and O–H groups in total. The summed E-state index contributed by atoms with van der Waals surface area (Å²) in [6.45, 7) is 5.76. The number of thiazole rings is 1. The van der Waals surface area contributed by atoms with E-state index in [1.54, 1.807) is 18.7 Å². The second-order valence-corrected chi connectivity index (χ2v) is 8.57. The number of nitrogens with zero attached hydrogens (tertiary/aromatic N) is 2. The van der Waals surface area contributed by atoms with Crippen molar-refractivity contribution in [2.75, 3.05) is 12.3 Å². The third-order valence-corrected chi connectivity index (χ3v) is 5.57. The highest BCUT2D eigenvalue weighted by Crippen LogP contribution is 2.26. The Labute approximate surface area is 154 Å². The number of hydrogen-bond donors (Lipinski definition) is 2. The van der Waals surface area contributed by atoms with Crippen LogP contribution in [0.2, 0.25) is 0 Å². The van der Waals surface area contributed by atoms with Crippen molar-refractivity contribution in [3.05, 3.63) is 23.2 Å². The lowest BCUT2D eigenvalue weighted by molar-refractivity contribution is 0.0690. The maximum absolute atomic E-state index is 12.0. The van der Waals surface area contributed by atoms with E-state index in [1.807, 2.05) is 19.1 Å². The van der Waals surface area contributed by atoms with E-state index in [0.717, 1.165) is 0 Å². The van der Waals surface area contributed by atoms with Gasteiger partial charge in [-0.1, -0.05) is 23.9 Å². The Bertz CT molecular complexity index is 653. The largest absolute Gasteiger partial charge is 0.476 e. The predicted octanol–water partition coefficient (Wildman–Crippen LogP) is 2.86. The van der Waals surface area contributed by atoms with E-state index in [-0.39, 0.29) is 23.9 Å². The van der Waals surface area contributed by atoms with Crippen LogP contribution in [0.25, 0.3) is 0 Å². The summed E-state index contributed by atoms with van der Waals surface area (Å²) in [5, 5.41) is 20.1. The summed E-state index contributed by atoms with van der Waals surface area (Å²) in [5.41, 5.74) is -0.759. The number of aromatic nitrogens is 1. The van der Waals surface area contributed by atoms with Crippen molar-refractivity contribution in [2.45, 2.75) is 49.3 Å². The molecule has 1 fully saturated rings. The summed E-state index contributed by atoms with van der Waals surface area (Å²) in [4.78, 5) is 28.5. The number of thioether (sulfide) groups is 1. The monoisotopic (exact) mass is 386 g/mol. The number of carboxylic acids is 1. The SMILES string of the molecule is CC1OC(=O)N(CCSc2nc(C(=O)O)cs2)C1/C=C/CC(C)(C)O. The predicted molar refractivity (Wildman–Crippen MR) is 96.3 cm³/mol. The summed E-state index contributed by atoms with van der Waals surface area (Å²) in [7, 11) is 0. The van der Waals surface area contributed by atoms with Crippen LogP contribution in [-0.4, -0.2) is 62.2 Å². The summed E-state index contributed by atoms with van der Waals surface area (Å²) in [6.07, 6.45) is 3.63. The third kappa shape index (κ3) is 5.72. The molecule has 0 bridgehead atoms. The van der Waals surface area contributed by atoms with Crippen molar-refractivity contribution in [2.24, 2.45) is 0 Å². The summed E-state index contributed by atoms with van der Waals surface area (Å²) in [6, 6.07) is -0.179. The summed E-state index contributed by atoms with van der Waals surface area (Å²) in [5.74, 6) is -0.457. The van der Waals surface area contributed by atoms with Crippen LogP contribution in [0.4, 0.5) is 4.79 Å². The second-order valence-electron chi connectivity index (χ2n) is 6.37. The number of hydrogen-bond acceptors (Lipinski definition) is 7. The normalized spacial score (nSPS) is 21.1. The molecule has 1 aliphatic rings. The van der Waals surface area contributed by atoms with Gasteiger partial charge in [0.15, 0.2) is 10.0 Å². The number of carbonyl (C=O) groups is 2. The fourth-order valence-corrected chi connectivity index (χ4v) is 4.13. The molecule has 25 heavy (non-hydrogen) atoms. The van der Waals surface area contributed by atoms with Gasteiger partial charge < -0.3 is 14.9 Å². The minimum atomic E-state index is -1.04. The van der Waals surface area contributed by atoms with Crippen LogP contribution < -0.4 is 0 Å². The highest BCUT2D eigenvalue weighted by Gasteiger charge is 2.37. The summed E-state index contributed by atoms with van der Waals surface area (Å²) < 4.78 is 5.94. The molecular formula is C16H22N2O5S2. The molecule has 1 saturated heterocycles. The first-order valence-corrected chi connectivity index (χ1v) is 9.72. The quantitative estimate of drug-likeness (QED) is 0.523. The fraction of sp³-hybridized carbons (Fsp3) is 0.562. The third-order valence-electron chi connectivity index (χ3n) is 3.57. The van der Waals surface area contributed by atoms with Gasteiger partial charge in [0.2, 0.25) is 0 Å². The van der Waals surface area contributed by atoms with Crippen LogP contribution in [0.1, 0.15) is 37.7 Å². The van der Waals surface area contributed by atoms with Crippen molar-refractivity contribution in [3.63, 3.8) is 0 Å². The molecule has 1 aromatic rings. The zero-order chi connectivity index (χ0) is 18.6.